The van der Waals surface area contributed by atoms with E-state index in [4.69, 9.17) is 5.11 Å². The molecule has 1 N–H and O–H groups in total. The van der Waals surface area contributed by atoms with Crippen LogP contribution in [-0.2, 0) is 5.41 Å². The summed E-state index contributed by atoms with van der Waals surface area (Å²) < 4.78 is 0. The molecule has 0 amide bonds. The molecule has 0 saturated carbocycles. The van der Waals surface area contributed by atoms with Gasteiger partial charge < -0.3 is 5.11 Å². The maximum Gasteiger partial charge on any atom is 0.0889 e. The number of nitrogens with zero attached hydrogens (tertiary/aromatic N) is 1. The first-order valence-corrected chi connectivity index (χ1v) is 3.61. The molecule has 11 heavy (non-hydrogen) atoms. The van der Waals surface area contributed by atoms with Gasteiger partial charge in [0.15, 0.2) is 0 Å². The highest BCUT2D eigenvalue weighted by atomic mass is 16.3. The molecule has 0 fully saturated rings. The van der Waals surface area contributed by atoms with Crippen LogP contribution in [0.1, 0.15) is 19.5 Å². The molecule has 1 aromatic heterocycles. The van der Waals surface area contributed by atoms with Crippen molar-refractivity contribution in [3.8, 4) is 0 Å². The van der Waals surface area contributed by atoms with Crippen molar-refractivity contribution in [1.82, 2.24) is 4.98 Å². The van der Waals surface area contributed by atoms with E-state index in [1.807, 2.05) is 26.0 Å². The third-order valence-corrected chi connectivity index (χ3v) is 1.70. The van der Waals surface area contributed by atoms with Gasteiger partial charge in [-0.15, -0.1) is 0 Å². The van der Waals surface area contributed by atoms with Crippen molar-refractivity contribution in [3.05, 3.63) is 30.1 Å². The zero-order chi connectivity index (χ0) is 8.32. The Morgan fingerprint density at radius 2 is 2.36 bits per heavy atom. The van der Waals surface area contributed by atoms with Crippen LogP contribution in [-0.4, -0.2) is 16.7 Å². The summed E-state index contributed by atoms with van der Waals surface area (Å²) in [6.45, 7) is 4.00. The lowest BCUT2D eigenvalue weighted by Crippen LogP contribution is -2.23. The molecule has 0 aromatic carbocycles. The van der Waals surface area contributed by atoms with Gasteiger partial charge in [0.1, 0.15) is 0 Å². The van der Waals surface area contributed by atoms with E-state index < -0.39 is 0 Å². The number of pyridine rings is 1. The Balaban J connectivity index is 2.93. The Bertz CT molecular complexity index is 218. The minimum atomic E-state index is -0.252. The number of hydrogen-bond acceptors (Lipinski definition) is 2. The monoisotopic (exact) mass is 150 g/mol. The van der Waals surface area contributed by atoms with Gasteiger partial charge in [0, 0.05) is 11.1 Å². The molecule has 0 spiro atoms. The molecule has 0 aliphatic carbocycles. The molecule has 0 bridgehead atoms. The Kier molecular flexibility index (Phi) is 2.25. The molecule has 1 aromatic rings. The summed E-state index contributed by atoms with van der Waals surface area (Å²) in [4.78, 5) is 4.04. The maximum atomic E-state index is 8.99. The fourth-order valence-electron chi connectivity index (χ4n) is 0.784. The summed E-state index contributed by atoms with van der Waals surface area (Å²) in [6.07, 6.45) is 2.74. The topological polar surface area (TPSA) is 33.1 Å². The van der Waals surface area contributed by atoms with Crippen molar-refractivity contribution in [3.63, 3.8) is 0 Å². The standard InChI is InChI=1S/C9H12NO/c1-9(2,7-11)8-5-3-4-6-10-8/h3-5,11H,7H2,1-2H3. The van der Waals surface area contributed by atoms with E-state index in [-0.39, 0.29) is 12.0 Å². The SMILES string of the molecule is CC(C)(CO)c1ccc[c]n1. The highest BCUT2D eigenvalue weighted by Gasteiger charge is 2.19. The number of aromatic nitrogens is 1. The second kappa shape index (κ2) is 3.01. The molecule has 2 heteroatoms. The van der Waals surface area contributed by atoms with Crippen LogP contribution in [0.25, 0.3) is 0 Å². The van der Waals surface area contributed by atoms with Gasteiger partial charge in [-0.3, -0.25) is 4.98 Å². The van der Waals surface area contributed by atoms with Crippen LogP contribution in [0.3, 0.4) is 0 Å². The normalized spacial score (nSPS) is 11.5. The number of aliphatic hydroxyl groups excluding tert-OH is 1. The average molecular weight is 150 g/mol. The Labute approximate surface area is 66.9 Å². The van der Waals surface area contributed by atoms with E-state index >= 15 is 0 Å². The van der Waals surface area contributed by atoms with Crippen LogP contribution in [0.4, 0.5) is 0 Å². The molecule has 59 valence electrons. The summed E-state index contributed by atoms with van der Waals surface area (Å²) in [5, 5.41) is 8.99. The molecule has 1 heterocycles. The number of aliphatic hydroxyl groups is 1. The molecule has 1 radical (unpaired) electrons. The van der Waals surface area contributed by atoms with E-state index in [9.17, 15) is 0 Å². The molecule has 0 unspecified atom stereocenters. The van der Waals surface area contributed by atoms with Crippen LogP contribution < -0.4 is 0 Å². The summed E-state index contributed by atoms with van der Waals surface area (Å²) in [5.74, 6) is 0. The largest absolute Gasteiger partial charge is 0.395 e. The van der Waals surface area contributed by atoms with E-state index in [0.29, 0.717) is 0 Å². The van der Waals surface area contributed by atoms with Crippen LogP contribution in [0.5, 0.6) is 0 Å². The Morgan fingerprint density at radius 3 is 2.82 bits per heavy atom. The molecular formula is C9H12NO. The van der Waals surface area contributed by atoms with Gasteiger partial charge in [0.25, 0.3) is 0 Å². The number of hydrogen-bond donors (Lipinski definition) is 1. The fraction of sp³-hybridized carbons (Fsp3) is 0.444. The molecule has 0 aliphatic rings. The first-order valence-electron chi connectivity index (χ1n) is 3.61. The van der Waals surface area contributed by atoms with Crippen molar-refractivity contribution in [2.24, 2.45) is 0 Å². The second-order valence-electron chi connectivity index (χ2n) is 3.19. The molecule has 0 aliphatic heterocycles. The van der Waals surface area contributed by atoms with E-state index in [2.05, 4.69) is 11.2 Å². The Hall–Kier alpha value is -0.890. The van der Waals surface area contributed by atoms with Gasteiger partial charge in [-0.25, -0.2) is 0 Å². The summed E-state index contributed by atoms with van der Waals surface area (Å²) in [6, 6.07) is 5.52. The van der Waals surface area contributed by atoms with Crippen molar-refractivity contribution < 1.29 is 5.11 Å². The van der Waals surface area contributed by atoms with Crippen LogP contribution >= 0.6 is 0 Å². The molecular weight excluding hydrogens is 138 g/mol. The van der Waals surface area contributed by atoms with E-state index in [0.717, 1.165) is 5.69 Å². The molecule has 1 rings (SSSR count). The van der Waals surface area contributed by atoms with Gasteiger partial charge >= 0.3 is 0 Å². The zero-order valence-corrected chi connectivity index (χ0v) is 6.83. The predicted molar refractivity (Wildman–Crippen MR) is 43.2 cm³/mol. The third-order valence-electron chi connectivity index (χ3n) is 1.70. The minimum Gasteiger partial charge on any atom is -0.395 e. The first kappa shape index (κ1) is 8.21. The van der Waals surface area contributed by atoms with Crippen molar-refractivity contribution in [1.29, 1.82) is 0 Å². The van der Waals surface area contributed by atoms with Crippen molar-refractivity contribution in [2.75, 3.05) is 6.61 Å². The lowest BCUT2D eigenvalue weighted by Gasteiger charge is -2.19. The van der Waals surface area contributed by atoms with Gasteiger partial charge in [-0.1, -0.05) is 19.9 Å². The van der Waals surface area contributed by atoms with Gasteiger partial charge in [-0.2, -0.15) is 0 Å². The van der Waals surface area contributed by atoms with E-state index in [1.54, 1.807) is 6.07 Å². The average Bonchev–Trinajstić information content (AvgIpc) is 2.06. The second-order valence-corrected chi connectivity index (χ2v) is 3.19. The summed E-state index contributed by atoms with van der Waals surface area (Å²) in [7, 11) is 0. The Morgan fingerprint density at radius 1 is 1.64 bits per heavy atom. The van der Waals surface area contributed by atoms with Crippen molar-refractivity contribution in [2.45, 2.75) is 19.3 Å². The van der Waals surface area contributed by atoms with Crippen LogP contribution in [0.15, 0.2) is 18.2 Å². The van der Waals surface area contributed by atoms with Crippen LogP contribution in [0, 0.1) is 6.20 Å². The minimum absolute atomic E-state index is 0.109. The molecule has 2 nitrogen and oxygen atoms in total. The highest BCUT2D eigenvalue weighted by molar-refractivity contribution is 5.13. The highest BCUT2D eigenvalue weighted by Crippen LogP contribution is 2.18. The quantitative estimate of drug-likeness (QED) is 0.686. The maximum absolute atomic E-state index is 8.99. The first-order chi connectivity index (χ1) is 5.17. The van der Waals surface area contributed by atoms with E-state index in [1.165, 1.54) is 0 Å². The van der Waals surface area contributed by atoms with Crippen LogP contribution in [0.2, 0.25) is 0 Å². The third kappa shape index (κ3) is 1.77. The lowest BCUT2D eigenvalue weighted by molar-refractivity contribution is 0.215. The van der Waals surface area contributed by atoms with Gasteiger partial charge in [0.05, 0.1) is 12.8 Å². The summed E-state index contributed by atoms with van der Waals surface area (Å²) >= 11 is 0. The fourth-order valence-corrected chi connectivity index (χ4v) is 0.784. The van der Waals surface area contributed by atoms with Gasteiger partial charge in [-0.05, 0) is 12.1 Å². The van der Waals surface area contributed by atoms with Crippen molar-refractivity contribution >= 4 is 0 Å². The molecule has 0 atom stereocenters. The lowest BCUT2D eigenvalue weighted by atomic mass is 9.90. The molecule has 0 saturated heterocycles. The zero-order valence-electron chi connectivity index (χ0n) is 6.83. The smallest absolute Gasteiger partial charge is 0.0889 e. The number of rotatable bonds is 2. The van der Waals surface area contributed by atoms with Gasteiger partial charge in [0.2, 0.25) is 0 Å². The summed E-state index contributed by atoms with van der Waals surface area (Å²) in [5.41, 5.74) is 0.625. The predicted octanol–water partition coefficient (Wildman–Crippen LogP) is 1.15.